The lowest BCUT2D eigenvalue weighted by Crippen LogP contribution is -2.19. The first kappa shape index (κ1) is 15.6. The SMILES string of the molecule is Cc1cc(C(C)NCc2ccccc2OC(C)C)c(C)o1. The number of nitrogens with one attached hydrogen (secondary N) is 1. The molecule has 0 bridgehead atoms. The minimum Gasteiger partial charge on any atom is -0.491 e. The quantitative estimate of drug-likeness (QED) is 0.847. The topological polar surface area (TPSA) is 34.4 Å². The Morgan fingerprint density at radius 1 is 1.14 bits per heavy atom. The lowest BCUT2D eigenvalue weighted by Gasteiger charge is -2.17. The Labute approximate surface area is 127 Å². The highest BCUT2D eigenvalue weighted by molar-refractivity contribution is 5.33. The van der Waals surface area contributed by atoms with Crippen molar-refractivity contribution in [3.8, 4) is 5.75 Å². The third-order valence-corrected chi connectivity index (χ3v) is 3.48. The highest BCUT2D eigenvalue weighted by Crippen LogP contribution is 2.23. The van der Waals surface area contributed by atoms with Crippen LogP contribution in [0.2, 0.25) is 0 Å². The molecule has 1 atom stereocenters. The molecule has 0 radical (unpaired) electrons. The van der Waals surface area contributed by atoms with Crippen LogP contribution in [0.4, 0.5) is 0 Å². The normalized spacial score (nSPS) is 12.7. The van der Waals surface area contributed by atoms with Gasteiger partial charge in [0.1, 0.15) is 17.3 Å². The van der Waals surface area contributed by atoms with E-state index in [2.05, 4.69) is 24.4 Å². The molecular formula is C18H25NO2. The fraction of sp³-hybridized carbons (Fsp3) is 0.444. The smallest absolute Gasteiger partial charge is 0.124 e. The maximum absolute atomic E-state index is 5.85. The lowest BCUT2D eigenvalue weighted by atomic mass is 10.1. The molecule has 2 rings (SSSR count). The first-order valence-electron chi connectivity index (χ1n) is 7.52. The first-order valence-corrected chi connectivity index (χ1v) is 7.52. The molecule has 21 heavy (non-hydrogen) atoms. The zero-order chi connectivity index (χ0) is 15.4. The van der Waals surface area contributed by atoms with Crippen LogP contribution in [-0.2, 0) is 6.54 Å². The second-order valence-corrected chi connectivity index (χ2v) is 5.75. The van der Waals surface area contributed by atoms with E-state index in [0.717, 1.165) is 23.8 Å². The molecule has 0 saturated heterocycles. The predicted molar refractivity (Wildman–Crippen MR) is 85.6 cm³/mol. The van der Waals surface area contributed by atoms with Gasteiger partial charge >= 0.3 is 0 Å². The second kappa shape index (κ2) is 6.81. The number of para-hydroxylation sites is 1. The number of aryl methyl sites for hydroxylation is 2. The first-order chi connectivity index (χ1) is 9.97. The molecule has 0 fully saturated rings. The minimum atomic E-state index is 0.183. The van der Waals surface area contributed by atoms with Crippen LogP contribution in [0.5, 0.6) is 5.75 Å². The zero-order valence-corrected chi connectivity index (χ0v) is 13.6. The maximum atomic E-state index is 5.85. The van der Waals surface area contributed by atoms with E-state index in [1.807, 2.05) is 45.9 Å². The maximum Gasteiger partial charge on any atom is 0.124 e. The summed E-state index contributed by atoms with van der Waals surface area (Å²) < 4.78 is 11.5. The molecule has 1 N–H and O–H groups in total. The highest BCUT2D eigenvalue weighted by Gasteiger charge is 2.13. The summed E-state index contributed by atoms with van der Waals surface area (Å²) in [6, 6.07) is 10.5. The summed E-state index contributed by atoms with van der Waals surface area (Å²) >= 11 is 0. The van der Waals surface area contributed by atoms with Crippen molar-refractivity contribution in [3.63, 3.8) is 0 Å². The van der Waals surface area contributed by atoms with Gasteiger partial charge in [0.2, 0.25) is 0 Å². The molecular weight excluding hydrogens is 262 g/mol. The van der Waals surface area contributed by atoms with Crippen LogP contribution >= 0.6 is 0 Å². The van der Waals surface area contributed by atoms with Gasteiger partial charge in [0.25, 0.3) is 0 Å². The Morgan fingerprint density at radius 2 is 1.86 bits per heavy atom. The van der Waals surface area contributed by atoms with Crippen LogP contribution in [0.3, 0.4) is 0 Å². The lowest BCUT2D eigenvalue weighted by molar-refractivity contribution is 0.239. The van der Waals surface area contributed by atoms with E-state index < -0.39 is 0 Å². The van der Waals surface area contributed by atoms with Crippen LogP contribution in [0.1, 0.15) is 49.5 Å². The Bertz CT molecular complexity index is 587. The Morgan fingerprint density at radius 3 is 2.48 bits per heavy atom. The van der Waals surface area contributed by atoms with Crippen molar-refractivity contribution in [3.05, 3.63) is 53.0 Å². The van der Waals surface area contributed by atoms with Crippen LogP contribution in [-0.4, -0.2) is 6.10 Å². The number of benzene rings is 1. The molecule has 0 spiro atoms. The van der Waals surface area contributed by atoms with Crippen molar-refractivity contribution in [2.45, 2.75) is 53.3 Å². The van der Waals surface area contributed by atoms with E-state index in [-0.39, 0.29) is 12.1 Å². The van der Waals surface area contributed by atoms with E-state index in [0.29, 0.717) is 0 Å². The van der Waals surface area contributed by atoms with Crippen molar-refractivity contribution >= 4 is 0 Å². The summed E-state index contributed by atoms with van der Waals surface area (Å²) in [5, 5.41) is 3.54. The zero-order valence-electron chi connectivity index (χ0n) is 13.6. The summed E-state index contributed by atoms with van der Waals surface area (Å²) in [4.78, 5) is 0. The number of hydrogen-bond acceptors (Lipinski definition) is 3. The van der Waals surface area contributed by atoms with Crippen LogP contribution in [0.15, 0.2) is 34.7 Å². The van der Waals surface area contributed by atoms with Gasteiger partial charge in [-0.2, -0.15) is 0 Å². The molecule has 1 aromatic carbocycles. The van der Waals surface area contributed by atoms with Crippen LogP contribution in [0.25, 0.3) is 0 Å². The van der Waals surface area contributed by atoms with Gasteiger partial charge in [-0.15, -0.1) is 0 Å². The van der Waals surface area contributed by atoms with Gasteiger partial charge < -0.3 is 14.5 Å². The van der Waals surface area contributed by atoms with E-state index in [9.17, 15) is 0 Å². The average Bonchev–Trinajstić information content (AvgIpc) is 2.76. The van der Waals surface area contributed by atoms with E-state index in [4.69, 9.17) is 9.15 Å². The Hall–Kier alpha value is -1.74. The van der Waals surface area contributed by atoms with Gasteiger partial charge in [0.15, 0.2) is 0 Å². The number of furan rings is 1. The van der Waals surface area contributed by atoms with Gasteiger partial charge in [-0.3, -0.25) is 0 Å². The van der Waals surface area contributed by atoms with Crippen LogP contribution in [0, 0.1) is 13.8 Å². The summed E-state index contributed by atoms with van der Waals surface area (Å²) in [6.45, 7) is 11.0. The van der Waals surface area contributed by atoms with E-state index >= 15 is 0 Å². The molecule has 0 aliphatic carbocycles. The Balaban J connectivity index is 2.04. The summed E-state index contributed by atoms with van der Waals surface area (Å²) in [5.74, 6) is 2.89. The van der Waals surface area contributed by atoms with Crippen LogP contribution < -0.4 is 10.1 Å². The molecule has 0 amide bonds. The molecule has 1 aromatic heterocycles. The van der Waals surface area contributed by atoms with Crippen molar-refractivity contribution < 1.29 is 9.15 Å². The molecule has 114 valence electrons. The summed E-state index contributed by atoms with van der Waals surface area (Å²) in [6.07, 6.45) is 0.183. The van der Waals surface area contributed by atoms with Gasteiger partial charge in [-0.05, 0) is 46.8 Å². The van der Waals surface area contributed by atoms with Gasteiger partial charge in [0, 0.05) is 23.7 Å². The van der Waals surface area contributed by atoms with Crippen molar-refractivity contribution in [2.24, 2.45) is 0 Å². The Kier molecular flexibility index (Phi) is 5.07. The molecule has 1 unspecified atom stereocenters. The number of rotatable bonds is 6. The monoisotopic (exact) mass is 287 g/mol. The van der Waals surface area contributed by atoms with Crippen molar-refractivity contribution in [1.29, 1.82) is 0 Å². The minimum absolute atomic E-state index is 0.183. The largest absolute Gasteiger partial charge is 0.491 e. The number of hydrogen-bond donors (Lipinski definition) is 1. The molecule has 3 heteroatoms. The summed E-state index contributed by atoms with van der Waals surface area (Å²) in [7, 11) is 0. The molecule has 2 aromatic rings. The molecule has 1 heterocycles. The fourth-order valence-corrected chi connectivity index (χ4v) is 2.47. The third-order valence-electron chi connectivity index (χ3n) is 3.48. The standard InChI is InChI=1S/C18H25NO2/c1-12(2)20-18-9-7-6-8-16(18)11-19-14(4)17-10-13(3)21-15(17)5/h6-10,12,14,19H,11H2,1-5H3. The molecule has 0 aliphatic rings. The predicted octanol–water partition coefficient (Wildman–Crippen LogP) is 4.53. The third kappa shape index (κ3) is 4.11. The fourth-order valence-electron chi connectivity index (χ4n) is 2.47. The second-order valence-electron chi connectivity index (χ2n) is 5.75. The average molecular weight is 287 g/mol. The summed E-state index contributed by atoms with van der Waals surface area (Å²) in [5.41, 5.74) is 2.39. The van der Waals surface area contributed by atoms with E-state index in [1.54, 1.807) is 0 Å². The van der Waals surface area contributed by atoms with Gasteiger partial charge in [0.05, 0.1) is 6.10 Å². The van der Waals surface area contributed by atoms with Gasteiger partial charge in [-0.25, -0.2) is 0 Å². The number of ether oxygens (including phenoxy) is 1. The molecule has 0 saturated carbocycles. The van der Waals surface area contributed by atoms with E-state index in [1.165, 1.54) is 11.1 Å². The van der Waals surface area contributed by atoms with Gasteiger partial charge in [-0.1, -0.05) is 18.2 Å². The van der Waals surface area contributed by atoms with Crippen molar-refractivity contribution in [2.75, 3.05) is 0 Å². The van der Waals surface area contributed by atoms with Crippen molar-refractivity contribution in [1.82, 2.24) is 5.32 Å². The highest BCUT2D eigenvalue weighted by atomic mass is 16.5. The molecule has 3 nitrogen and oxygen atoms in total. The molecule has 0 aliphatic heterocycles.